The lowest BCUT2D eigenvalue weighted by Crippen LogP contribution is -2.38. The smallest absolute Gasteiger partial charge is 0.418 e. The molecule has 0 saturated heterocycles. The highest BCUT2D eigenvalue weighted by molar-refractivity contribution is 5.86. The lowest BCUT2D eigenvalue weighted by Gasteiger charge is -2.25. The molecular formula is C93H122F10N10O2. The van der Waals surface area contributed by atoms with Gasteiger partial charge >= 0.3 is 19.0 Å². The summed E-state index contributed by atoms with van der Waals surface area (Å²) >= 11 is 0. The number of hydrogen-bond donors (Lipinski definition) is 0. The number of aryl methyl sites for hydroxylation is 3. The van der Waals surface area contributed by atoms with Crippen molar-refractivity contribution >= 4 is 45.4 Å². The van der Waals surface area contributed by atoms with Crippen LogP contribution >= 0.6 is 0 Å². The van der Waals surface area contributed by atoms with Crippen molar-refractivity contribution in [1.29, 1.82) is 0 Å². The Morgan fingerprint density at radius 3 is 1.55 bits per heavy atom. The highest BCUT2D eigenvalue weighted by atomic mass is 19.4. The van der Waals surface area contributed by atoms with Gasteiger partial charge in [0.1, 0.15) is 18.0 Å². The van der Waals surface area contributed by atoms with Gasteiger partial charge < -0.3 is 9.94 Å². The number of aromatic nitrogens is 10. The first-order chi connectivity index (χ1) is 52.9. The first kappa shape index (κ1) is 91.8. The van der Waals surface area contributed by atoms with Crippen LogP contribution in [0.3, 0.4) is 0 Å². The molecule has 7 heterocycles. The number of pyridine rings is 4. The van der Waals surface area contributed by atoms with Crippen LogP contribution in [0.1, 0.15) is 318 Å². The molecule has 4 fully saturated rings. The van der Waals surface area contributed by atoms with E-state index in [1.165, 1.54) is 58.4 Å². The molecule has 0 atom stereocenters. The van der Waals surface area contributed by atoms with Gasteiger partial charge in [-0.3, -0.25) is 24.0 Å². The number of alkyl halides is 10. The van der Waals surface area contributed by atoms with Crippen LogP contribution in [0, 0.1) is 19.1 Å². The van der Waals surface area contributed by atoms with Crippen LogP contribution in [0.5, 0.6) is 5.75 Å². The van der Waals surface area contributed by atoms with Gasteiger partial charge in [0, 0.05) is 100 Å². The van der Waals surface area contributed by atoms with Crippen molar-refractivity contribution < 1.29 is 53.4 Å². The van der Waals surface area contributed by atoms with Gasteiger partial charge in [-0.15, -0.1) is 0 Å². The lowest BCUT2D eigenvalue weighted by molar-refractivity contribution is -0.577. The molecule has 12 nitrogen and oxygen atoms in total. The standard InChI is InChI=1S/C15H21F3N2.C14H14F3N.C14H15F2NO.C14H19F2N.C14H17NO.2C11H18N2/c1-14(2,3)11-12(9-4-5-9)19-20(8-15(16,17)18)13(11)10-6-7-10;1-13(2,3)12-9-6-4-5-7-11(9)18-8-10(12)14(15,16)17;1-14(2,3)12-9-5-4-8-17-10(9)6-7-11(12)18-13(15)16;1-7-10-8(2)11(14(4,5)6)9(3)12(17-10)13(15)16;1-10-9-15(16)12-8-6-5-7-11(12)13(10)14(2,3)4;1-11(2,3)10-9(8-5-6-8)7-13(4)12-10;1-11(2,3)10-9(8-5-6-8)7-12-13(10)4/h9-10H,4-8H2,1-3H3;4-8H,1-3H3;4-8,13H,1-3H3;7,13H,2H2,1,3-6H3;5-9H,1-4H3;2*7-8H,5-6H2,1-4H3/b;;;10-7+;;;. The van der Waals surface area contributed by atoms with Crippen LogP contribution in [0.2, 0.25) is 0 Å². The van der Waals surface area contributed by atoms with Crippen molar-refractivity contribution in [3.8, 4) is 5.75 Å². The molecule has 22 heteroatoms. The highest BCUT2D eigenvalue weighted by Gasteiger charge is 2.44. The fourth-order valence-corrected chi connectivity index (χ4v) is 15.7. The van der Waals surface area contributed by atoms with Gasteiger partial charge in [0.25, 0.3) is 6.43 Å². The van der Waals surface area contributed by atoms with Crippen LogP contribution in [0.15, 0.2) is 104 Å². The Labute approximate surface area is 674 Å². The normalized spacial score (nSPS) is 15.2. The monoisotopic (exact) mass is 1600 g/mol. The molecule has 0 aliphatic heterocycles. The molecule has 14 rings (SSSR count). The number of ether oxygens (including phenoxy) is 1. The van der Waals surface area contributed by atoms with Crippen LogP contribution in [0.4, 0.5) is 43.9 Å². The number of rotatable bonds is 8. The van der Waals surface area contributed by atoms with Crippen molar-refractivity contribution in [1.82, 2.24) is 44.3 Å². The van der Waals surface area contributed by atoms with E-state index in [4.69, 9.17) is 0 Å². The SMILES string of the molecule is C=c1c(C(C)(C)C)c(C)c(C(F)F)n/c1=C/C.CC(C)(C)c1c(C(F)(F)F)cnc2ccccc12.CC(C)(C)c1c(C2CC2)nn(CC(F)(F)F)c1C1CC1.CC(C)(C)c1c(OC(F)F)ccc2ncccc12.Cc1c[n+]([O-])c2ccccc2c1C(C)(C)C.Cn1cc(C2CC2)c(C(C)(C)C)n1.Cn1ncc(C2CC2)c1C(C)(C)C. The van der Waals surface area contributed by atoms with Crippen LogP contribution < -0.4 is 20.0 Å². The summed E-state index contributed by atoms with van der Waals surface area (Å²) < 4.78 is 139. The third kappa shape index (κ3) is 23.6. The third-order valence-corrected chi connectivity index (χ3v) is 20.6. The van der Waals surface area contributed by atoms with E-state index in [1.807, 2.05) is 102 Å². The summed E-state index contributed by atoms with van der Waals surface area (Å²) in [5.74, 6) is 2.51. The highest BCUT2D eigenvalue weighted by Crippen LogP contribution is 2.52. The molecule has 3 aromatic carbocycles. The number of halogens is 10. The predicted molar refractivity (Wildman–Crippen MR) is 445 cm³/mol. The van der Waals surface area contributed by atoms with Crippen molar-refractivity contribution in [2.75, 3.05) is 0 Å². The minimum atomic E-state index is -4.38. The zero-order valence-corrected chi connectivity index (χ0v) is 72.5. The van der Waals surface area contributed by atoms with E-state index >= 15 is 0 Å². The van der Waals surface area contributed by atoms with Gasteiger partial charge in [-0.2, -0.15) is 55.1 Å². The Bertz CT molecular complexity index is 5130. The average Bonchev–Trinajstić information content (AvgIpc) is 1.61. The average molecular weight is 1600 g/mol. The van der Waals surface area contributed by atoms with Crippen LogP contribution in [-0.4, -0.2) is 57.1 Å². The molecule has 0 bridgehead atoms. The summed E-state index contributed by atoms with van der Waals surface area (Å²) in [5.41, 5.74) is 13.9. The Kier molecular flexibility index (Phi) is 27.8. The second kappa shape index (κ2) is 34.9. The number of fused-ring (bicyclic) bond motifs is 3. The van der Waals surface area contributed by atoms with E-state index < -0.39 is 42.9 Å². The van der Waals surface area contributed by atoms with Crippen molar-refractivity contribution in [2.24, 2.45) is 14.1 Å². The molecule has 10 aromatic rings. The van der Waals surface area contributed by atoms with Crippen molar-refractivity contribution in [2.45, 2.75) is 311 Å². The summed E-state index contributed by atoms with van der Waals surface area (Å²) in [6.45, 7) is 49.2. The van der Waals surface area contributed by atoms with E-state index in [0.717, 1.165) is 109 Å². The summed E-state index contributed by atoms with van der Waals surface area (Å²) in [4.78, 5) is 12.1. The minimum Gasteiger partial charge on any atom is -0.618 e. The molecular weight excluding hydrogens is 1480 g/mol. The van der Waals surface area contributed by atoms with Gasteiger partial charge in [0.2, 0.25) is 5.52 Å². The predicted octanol–water partition coefficient (Wildman–Crippen LogP) is 24.3. The molecule has 4 aliphatic carbocycles. The summed E-state index contributed by atoms with van der Waals surface area (Å²) in [5, 5.41) is 28.9. The fourth-order valence-electron chi connectivity index (χ4n) is 15.7. The summed E-state index contributed by atoms with van der Waals surface area (Å²) in [6.07, 6.45) is 8.68. The molecule has 0 N–H and O–H groups in total. The first-order valence-corrected chi connectivity index (χ1v) is 40.0. The number of nitrogens with zero attached hydrogens (tertiary/aromatic N) is 10. The molecule has 0 radical (unpaired) electrons. The van der Waals surface area contributed by atoms with E-state index in [0.29, 0.717) is 33.3 Å². The van der Waals surface area contributed by atoms with Crippen molar-refractivity contribution in [3.05, 3.63) is 204 Å². The number of hydrogen-bond acceptors (Lipinski definition) is 8. The van der Waals surface area contributed by atoms with Crippen LogP contribution in [0.25, 0.3) is 45.4 Å². The van der Waals surface area contributed by atoms with Gasteiger partial charge in [0.05, 0.1) is 44.9 Å². The fraction of sp³-hybridized carbons (Fsp3) is 0.538. The number of para-hydroxylation sites is 2. The topological polar surface area (TPSA) is 128 Å². The maximum atomic E-state index is 13.1. The second-order valence-corrected chi connectivity index (χ2v) is 38.4. The minimum absolute atomic E-state index is 0.0535. The first-order valence-electron chi connectivity index (χ1n) is 40.0. The summed E-state index contributed by atoms with van der Waals surface area (Å²) in [6, 6.07) is 21.6. The van der Waals surface area contributed by atoms with Gasteiger partial charge in [-0.1, -0.05) is 194 Å². The molecule has 4 saturated carbocycles. The van der Waals surface area contributed by atoms with Gasteiger partial charge in [-0.25, -0.2) is 13.8 Å². The van der Waals surface area contributed by atoms with E-state index in [9.17, 15) is 49.1 Å². The van der Waals surface area contributed by atoms with E-state index in [-0.39, 0.29) is 49.9 Å². The molecule has 626 valence electrons. The lowest BCUT2D eigenvalue weighted by atomic mass is 9.81. The zero-order valence-electron chi connectivity index (χ0n) is 72.5. The Morgan fingerprint density at radius 2 is 1.06 bits per heavy atom. The maximum absolute atomic E-state index is 13.1. The molecule has 0 amide bonds. The summed E-state index contributed by atoms with van der Waals surface area (Å²) in [7, 11) is 4.06. The maximum Gasteiger partial charge on any atom is 0.418 e. The zero-order chi connectivity index (χ0) is 86.2. The Morgan fingerprint density at radius 1 is 0.557 bits per heavy atom. The molecule has 0 unspecified atom stereocenters. The molecule has 115 heavy (non-hydrogen) atoms. The van der Waals surface area contributed by atoms with Gasteiger partial charge in [0.15, 0.2) is 6.20 Å². The molecule has 7 aromatic heterocycles. The Balaban J connectivity index is 0.000000168. The quantitative estimate of drug-likeness (QED) is 0.0836. The largest absolute Gasteiger partial charge is 0.618 e. The number of benzene rings is 3. The Hall–Kier alpha value is -8.69. The molecule has 0 spiro atoms. The van der Waals surface area contributed by atoms with Crippen molar-refractivity contribution in [3.63, 3.8) is 0 Å². The molecule has 4 aliphatic rings. The second-order valence-electron chi connectivity index (χ2n) is 38.4. The van der Waals surface area contributed by atoms with Gasteiger partial charge in [-0.05, 0) is 180 Å². The van der Waals surface area contributed by atoms with E-state index in [1.54, 1.807) is 95.6 Å². The van der Waals surface area contributed by atoms with Crippen LogP contribution in [-0.2, 0) is 64.7 Å². The van der Waals surface area contributed by atoms with E-state index in [2.05, 4.69) is 137 Å². The third-order valence-electron chi connectivity index (χ3n) is 20.6.